The molecule has 0 spiro atoms. The van der Waals surface area contributed by atoms with Gasteiger partial charge < -0.3 is 49.9 Å². The molecule has 0 radical (unpaired) electrons. The average Bonchev–Trinajstić information content (AvgIpc) is 3.07. The number of aliphatic hydroxyl groups excluding tert-OH is 5. The molecule has 10 atom stereocenters. The van der Waals surface area contributed by atoms with Crippen LogP contribution in [0.3, 0.4) is 0 Å². The monoisotopic (exact) mass is 596 g/mol. The Kier molecular flexibility index (Phi) is 11.1. The van der Waals surface area contributed by atoms with E-state index < -0.39 is 95.2 Å². The summed E-state index contributed by atoms with van der Waals surface area (Å²) < 4.78 is 47.9. The summed E-state index contributed by atoms with van der Waals surface area (Å²) in [6, 6.07) is 0.912. The van der Waals surface area contributed by atoms with E-state index in [-0.39, 0.29) is 0 Å². The number of H-pyrrole nitrogens is 1. The number of ether oxygens (including phenoxy) is 2. The maximum absolute atomic E-state index is 12.2. The summed E-state index contributed by atoms with van der Waals surface area (Å²) in [5, 5.41) is 57.4. The van der Waals surface area contributed by atoms with E-state index in [4.69, 9.17) is 14.9 Å². The van der Waals surface area contributed by atoms with Crippen molar-refractivity contribution in [2.24, 2.45) is 0 Å². The van der Waals surface area contributed by atoms with Gasteiger partial charge in [-0.3, -0.25) is 23.4 Å². The lowest BCUT2D eigenvalue weighted by Crippen LogP contribution is -2.44. The molecule has 38 heavy (non-hydrogen) atoms. The van der Waals surface area contributed by atoms with Crippen molar-refractivity contribution in [1.29, 1.82) is 0 Å². The van der Waals surface area contributed by atoms with Gasteiger partial charge in [-0.25, -0.2) is 18.7 Å². The van der Waals surface area contributed by atoms with Crippen molar-refractivity contribution < 1.29 is 77.2 Å². The molecule has 1 aromatic heterocycles. The van der Waals surface area contributed by atoms with Crippen LogP contribution >= 0.6 is 15.6 Å². The standard InChI is InChI=1S/C16H26N2O18P2/c1-6(20)15(34-12(14(25)26)7(21)4-19)35-38(30,31)36-37(28,29)32-5-8-10(23)11(24)13(33-8)18-3-2-9(22)17-16(18)27/h2-3,6-8,10-13,15,19-21,23-24H,4-5H2,1H3,(H,25,26)(H,28,29)(H,30,31)(H,17,22,27)/t6-,7+,8?,10?,11?,12?,13?,15+/m0/s1. The van der Waals surface area contributed by atoms with Crippen molar-refractivity contribution in [3.63, 3.8) is 0 Å². The van der Waals surface area contributed by atoms with Crippen molar-refractivity contribution in [1.82, 2.24) is 9.55 Å². The van der Waals surface area contributed by atoms with Crippen LogP contribution in [0.2, 0.25) is 0 Å². The maximum atomic E-state index is 12.2. The predicted octanol–water partition coefficient (Wildman–Crippen LogP) is -4.06. The van der Waals surface area contributed by atoms with E-state index in [1.54, 1.807) is 0 Å². The molecule has 9 N–H and O–H groups in total. The first-order valence-corrected chi connectivity index (χ1v) is 13.3. The molecule has 7 unspecified atom stereocenters. The van der Waals surface area contributed by atoms with Gasteiger partial charge in [0, 0.05) is 12.3 Å². The van der Waals surface area contributed by atoms with Gasteiger partial charge in [0.05, 0.1) is 13.2 Å². The van der Waals surface area contributed by atoms with Crippen molar-refractivity contribution in [2.45, 2.75) is 56.1 Å². The highest BCUT2D eigenvalue weighted by molar-refractivity contribution is 7.61. The number of hydrogen-bond acceptors (Lipinski definition) is 15. The number of hydrogen-bond donors (Lipinski definition) is 9. The zero-order valence-corrected chi connectivity index (χ0v) is 21.0. The van der Waals surface area contributed by atoms with Gasteiger partial charge in [0.15, 0.2) is 18.6 Å². The molecule has 218 valence electrons. The summed E-state index contributed by atoms with van der Waals surface area (Å²) in [6.45, 7) is -1.31. The Balaban J connectivity index is 2.05. The third kappa shape index (κ3) is 8.57. The number of rotatable bonds is 14. The molecule has 22 heteroatoms. The number of nitrogens with zero attached hydrogens (tertiary/aromatic N) is 1. The Morgan fingerprint density at radius 2 is 1.82 bits per heavy atom. The van der Waals surface area contributed by atoms with E-state index in [9.17, 15) is 53.7 Å². The summed E-state index contributed by atoms with van der Waals surface area (Å²) in [5.74, 6) is -1.87. The largest absolute Gasteiger partial charge is 0.483 e. The molecule has 0 saturated carbocycles. The number of aromatic nitrogens is 2. The lowest BCUT2D eigenvalue weighted by molar-refractivity contribution is -0.210. The maximum Gasteiger partial charge on any atom is 0.483 e. The fourth-order valence-electron chi connectivity index (χ4n) is 2.98. The first kappa shape index (κ1) is 32.3. The van der Waals surface area contributed by atoms with Gasteiger partial charge in [0.1, 0.15) is 30.5 Å². The Morgan fingerprint density at radius 1 is 1.18 bits per heavy atom. The summed E-state index contributed by atoms with van der Waals surface area (Å²) >= 11 is 0. The fraction of sp³-hybridized carbons (Fsp3) is 0.688. The van der Waals surface area contributed by atoms with E-state index in [1.165, 1.54) is 0 Å². The Hall–Kier alpha value is -1.87. The summed E-state index contributed by atoms with van der Waals surface area (Å²) in [7, 11) is -11.3. The van der Waals surface area contributed by atoms with Gasteiger partial charge in [-0.2, -0.15) is 4.31 Å². The van der Waals surface area contributed by atoms with Crippen LogP contribution in [0.15, 0.2) is 21.9 Å². The van der Waals surface area contributed by atoms with Crippen LogP contribution in [0.4, 0.5) is 0 Å². The van der Waals surface area contributed by atoms with Gasteiger partial charge in [0.25, 0.3) is 5.56 Å². The van der Waals surface area contributed by atoms with E-state index in [0.29, 0.717) is 4.57 Å². The summed E-state index contributed by atoms with van der Waals surface area (Å²) in [5.41, 5.74) is -1.78. The SMILES string of the molecule is C[C@H](O)[C@H](OC(C(=O)O)[C@H](O)CO)OP(=O)(O)OP(=O)(O)OCC1OC(n2ccc(=O)[nH]c2=O)C(O)C1O. The molecule has 0 aromatic carbocycles. The second-order valence-electron chi connectivity index (χ2n) is 7.74. The van der Waals surface area contributed by atoms with Gasteiger partial charge in [-0.15, -0.1) is 0 Å². The van der Waals surface area contributed by atoms with Gasteiger partial charge in [-0.05, 0) is 6.92 Å². The molecular formula is C16H26N2O18P2. The zero-order valence-electron chi connectivity index (χ0n) is 19.2. The Labute approximate surface area is 211 Å². The number of aliphatic hydroxyl groups is 5. The minimum absolute atomic E-state index is 0.703. The molecule has 20 nitrogen and oxygen atoms in total. The number of carboxylic acids is 1. The van der Waals surface area contributed by atoms with E-state index >= 15 is 0 Å². The molecule has 1 saturated heterocycles. The Bertz CT molecular complexity index is 1170. The minimum Gasteiger partial charge on any atom is -0.479 e. The number of nitrogens with one attached hydrogen (secondary N) is 1. The number of aliphatic carboxylic acids is 1. The summed E-state index contributed by atoms with van der Waals surface area (Å²) in [6.07, 6.45) is -14.4. The second-order valence-corrected chi connectivity index (χ2v) is 10.7. The van der Waals surface area contributed by atoms with E-state index in [1.807, 2.05) is 4.98 Å². The molecule has 1 aromatic rings. The highest BCUT2D eigenvalue weighted by atomic mass is 31.3. The molecule has 0 aliphatic carbocycles. The number of phosphoric ester groups is 2. The third-order valence-corrected chi connectivity index (χ3v) is 7.36. The van der Waals surface area contributed by atoms with Crippen LogP contribution < -0.4 is 11.2 Å². The van der Waals surface area contributed by atoms with Crippen molar-refractivity contribution >= 4 is 21.6 Å². The quantitative estimate of drug-likeness (QED) is 0.0728. The van der Waals surface area contributed by atoms with Crippen LogP contribution in [-0.2, 0) is 36.8 Å². The molecule has 0 bridgehead atoms. The van der Waals surface area contributed by atoms with Crippen LogP contribution in [-0.4, -0.2) is 112 Å². The van der Waals surface area contributed by atoms with Gasteiger partial charge >= 0.3 is 27.3 Å². The fourth-order valence-corrected chi connectivity index (χ4v) is 5.19. The minimum atomic E-state index is -5.70. The second kappa shape index (κ2) is 13.0. The smallest absolute Gasteiger partial charge is 0.479 e. The van der Waals surface area contributed by atoms with Gasteiger partial charge in [0.2, 0.25) is 0 Å². The molecule has 2 heterocycles. The normalized spacial score (nSPS) is 28.1. The van der Waals surface area contributed by atoms with Crippen molar-refractivity contribution in [3.05, 3.63) is 33.1 Å². The van der Waals surface area contributed by atoms with Crippen LogP contribution in [0, 0.1) is 0 Å². The van der Waals surface area contributed by atoms with E-state index in [0.717, 1.165) is 19.2 Å². The predicted molar refractivity (Wildman–Crippen MR) is 116 cm³/mol. The highest BCUT2D eigenvalue weighted by Crippen LogP contribution is 2.61. The number of carboxylic acid groups (broad SMARTS) is 1. The molecule has 1 fully saturated rings. The topological polar surface area (TPSA) is 314 Å². The van der Waals surface area contributed by atoms with Gasteiger partial charge in [-0.1, -0.05) is 0 Å². The molecule has 1 aliphatic heterocycles. The molecule has 0 amide bonds. The summed E-state index contributed by atoms with van der Waals surface area (Å²) in [4.78, 5) is 55.7. The van der Waals surface area contributed by atoms with E-state index in [2.05, 4.69) is 18.1 Å². The van der Waals surface area contributed by atoms with Crippen LogP contribution in [0.1, 0.15) is 13.2 Å². The lowest BCUT2D eigenvalue weighted by Gasteiger charge is -2.28. The first-order valence-electron chi connectivity index (χ1n) is 10.4. The number of aromatic amines is 1. The Morgan fingerprint density at radius 3 is 2.34 bits per heavy atom. The number of carbonyl (C=O) groups is 1. The molecule has 2 rings (SSSR count). The highest BCUT2D eigenvalue weighted by Gasteiger charge is 2.46. The average molecular weight is 596 g/mol. The van der Waals surface area contributed by atoms with Crippen molar-refractivity contribution in [3.8, 4) is 0 Å². The molecular weight excluding hydrogens is 570 g/mol. The third-order valence-electron chi connectivity index (χ3n) is 4.76. The number of phosphoric acid groups is 2. The zero-order chi connectivity index (χ0) is 29.0. The first-order chi connectivity index (χ1) is 17.5. The lowest BCUT2D eigenvalue weighted by atomic mass is 10.1. The molecule has 1 aliphatic rings. The van der Waals surface area contributed by atoms with Crippen LogP contribution in [0.25, 0.3) is 0 Å². The van der Waals surface area contributed by atoms with Crippen molar-refractivity contribution in [2.75, 3.05) is 13.2 Å². The van der Waals surface area contributed by atoms with Crippen LogP contribution in [0.5, 0.6) is 0 Å².